The van der Waals surface area contributed by atoms with Gasteiger partial charge < -0.3 is 5.21 Å². The van der Waals surface area contributed by atoms with E-state index in [1.54, 1.807) is 11.8 Å². The molecule has 0 saturated heterocycles. The molecule has 0 fully saturated rings. The minimum atomic E-state index is -0.381. The molecule has 0 amide bonds. The Morgan fingerprint density at radius 1 is 1.24 bits per heavy atom. The molecule has 0 saturated carbocycles. The summed E-state index contributed by atoms with van der Waals surface area (Å²) >= 11 is 1.59. The highest BCUT2D eigenvalue weighted by Gasteiger charge is 2.04. The third-order valence-electron chi connectivity index (χ3n) is 2.36. The Morgan fingerprint density at radius 2 is 1.94 bits per heavy atom. The summed E-state index contributed by atoms with van der Waals surface area (Å²) in [6.45, 7) is 1.85. The van der Waals surface area contributed by atoms with E-state index >= 15 is 0 Å². The van der Waals surface area contributed by atoms with Gasteiger partial charge in [-0.05, 0) is 30.7 Å². The van der Waals surface area contributed by atoms with E-state index in [4.69, 9.17) is 0 Å². The van der Waals surface area contributed by atoms with E-state index in [-0.39, 0.29) is 5.56 Å². The second-order valence-electron chi connectivity index (χ2n) is 3.78. The van der Waals surface area contributed by atoms with Gasteiger partial charge in [-0.1, -0.05) is 18.2 Å². The Balaban J connectivity index is 2.17. The first-order valence-corrected chi connectivity index (χ1v) is 6.25. The molecular weight excluding hydrogens is 234 g/mol. The number of thioether (sulfide) groups is 1. The summed E-state index contributed by atoms with van der Waals surface area (Å²) < 4.78 is 0.711. The highest BCUT2D eigenvalue weighted by Crippen LogP contribution is 2.21. The average molecular weight is 247 g/mol. The van der Waals surface area contributed by atoms with Crippen LogP contribution in [0.15, 0.2) is 52.2 Å². The Morgan fingerprint density at radius 3 is 2.65 bits per heavy atom. The predicted octanol–water partition coefficient (Wildman–Crippen LogP) is 2.69. The van der Waals surface area contributed by atoms with Crippen LogP contribution < -0.4 is 5.56 Å². The Labute approximate surface area is 104 Å². The molecule has 0 aliphatic heterocycles. The van der Waals surface area contributed by atoms with Gasteiger partial charge in [-0.25, -0.2) is 0 Å². The van der Waals surface area contributed by atoms with Gasteiger partial charge >= 0.3 is 0 Å². The van der Waals surface area contributed by atoms with Crippen molar-refractivity contribution in [3.63, 3.8) is 0 Å². The smallest absolute Gasteiger partial charge is 0.283 e. The van der Waals surface area contributed by atoms with Crippen LogP contribution in [-0.2, 0) is 5.75 Å². The summed E-state index contributed by atoms with van der Waals surface area (Å²) in [6, 6.07) is 13.1. The first-order valence-electron chi connectivity index (χ1n) is 5.26. The lowest BCUT2D eigenvalue weighted by molar-refractivity contribution is 0.167. The van der Waals surface area contributed by atoms with E-state index in [0.29, 0.717) is 16.2 Å². The molecular formula is C13H13NO2S. The largest absolute Gasteiger partial charge is 0.425 e. The number of rotatable bonds is 3. The standard InChI is InChI=1S/C13H13NO2S/c1-10-7-11(14(16)13(15)8-10)9-17-12-5-3-2-4-6-12/h2-8,16H,9H2,1H3. The third-order valence-corrected chi connectivity index (χ3v) is 3.40. The van der Waals surface area contributed by atoms with E-state index in [0.717, 1.165) is 10.5 Å². The van der Waals surface area contributed by atoms with Crippen molar-refractivity contribution >= 4 is 11.8 Å². The molecule has 4 heteroatoms. The minimum Gasteiger partial charge on any atom is -0.425 e. The van der Waals surface area contributed by atoms with Crippen molar-refractivity contribution < 1.29 is 5.21 Å². The van der Waals surface area contributed by atoms with E-state index in [2.05, 4.69) is 0 Å². The van der Waals surface area contributed by atoms with Crippen LogP contribution in [0.1, 0.15) is 11.3 Å². The Kier molecular flexibility index (Phi) is 3.54. The zero-order valence-electron chi connectivity index (χ0n) is 9.46. The zero-order chi connectivity index (χ0) is 12.3. The van der Waals surface area contributed by atoms with Gasteiger partial charge in [0.2, 0.25) is 0 Å². The van der Waals surface area contributed by atoms with Gasteiger partial charge in [0.25, 0.3) is 5.56 Å². The zero-order valence-corrected chi connectivity index (χ0v) is 10.3. The fourth-order valence-corrected chi connectivity index (χ4v) is 2.41. The van der Waals surface area contributed by atoms with E-state index in [1.165, 1.54) is 6.07 Å². The van der Waals surface area contributed by atoms with Crippen molar-refractivity contribution in [2.75, 3.05) is 0 Å². The van der Waals surface area contributed by atoms with Crippen LogP contribution in [0.4, 0.5) is 0 Å². The third kappa shape index (κ3) is 2.91. The number of aromatic nitrogens is 1. The summed E-state index contributed by atoms with van der Waals surface area (Å²) in [7, 11) is 0. The molecule has 88 valence electrons. The molecule has 0 bridgehead atoms. The molecule has 3 nitrogen and oxygen atoms in total. The van der Waals surface area contributed by atoms with Gasteiger partial charge in [-0.15, -0.1) is 11.8 Å². The number of nitrogens with zero attached hydrogens (tertiary/aromatic N) is 1. The SMILES string of the molecule is Cc1cc(CSc2ccccc2)n(O)c(=O)c1. The minimum absolute atomic E-state index is 0.381. The lowest BCUT2D eigenvalue weighted by Gasteiger charge is -2.07. The fraction of sp³-hybridized carbons (Fsp3) is 0.154. The Bertz CT molecular complexity index is 563. The van der Waals surface area contributed by atoms with Gasteiger partial charge in [-0.3, -0.25) is 4.79 Å². The molecule has 0 unspecified atom stereocenters. The normalized spacial score (nSPS) is 10.4. The van der Waals surface area contributed by atoms with E-state index < -0.39 is 0 Å². The van der Waals surface area contributed by atoms with Crippen LogP contribution in [0.25, 0.3) is 0 Å². The summed E-state index contributed by atoms with van der Waals surface area (Å²) in [6.07, 6.45) is 0. The fourth-order valence-electron chi connectivity index (χ4n) is 1.54. The van der Waals surface area contributed by atoms with E-state index in [9.17, 15) is 10.0 Å². The number of hydrogen-bond donors (Lipinski definition) is 1. The summed E-state index contributed by atoms with van der Waals surface area (Å²) in [4.78, 5) is 12.5. The van der Waals surface area contributed by atoms with Crippen LogP contribution in [0.5, 0.6) is 0 Å². The van der Waals surface area contributed by atoms with Gasteiger partial charge in [0.1, 0.15) is 0 Å². The predicted molar refractivity (Wildman–Crippen MR) is 68.6 cm³/mol. The van der Waals surface area contributed by atoms with Gasteiger partial charge in [0, 0.05) is 16.7 Å². The topological polar surface area (TPSA) is 42.2 Å². The number of benzene rings is 1. The van der Waals surface area contributed by atoms with Crippen molar-refractivity contribution in [2.24, 2.45) is 0 Å². The van der Waals surface area contributed by atoms with Crippen LogP contribution >= 0.6 is 11.8 Å². The monoisotopic (exact) mass is 247 g/mol. The molecule has 0 radical (unpaired) electrons. The van der Waals surface area contributed by atoms with Crippen molar-refractivity contribution in [1.82, 2.24) is 4.73 Å². The van der Waals surface area contributed by atoms with Crippen molar-refractivity contribution in [1.29, 1.82) is 0 Å². The van der Waals surface area contributed by atoms with Gasteiger partial charge in [-0.2, -0.15) is 4.73 Å². The highest BCUT2D eigenvalue weighted by molar-refractivity contribution is 7.98. The van der Waals surface area contributed by atoms with Crippen molar-refractivity contribution in [3.05, 3.63) is 64.1 Å². The summed E-state index contributed by atoms with van der Waals surface area (Å²) in [5.74, 6) is 0.567. The van der Waals surface area contributed by atoms with Gasteiger partial charge in [0.15, 0.2) is 0 Å². The number of pyridine rings is 1. The maximum absolute atomic E-state index is 11.4. The molecule has 1 aromatic heterocycles. The van der Waals surface area contributed by atoms with Crippen molar-refractivity contribution in [3.8, 4) is 0 Å². The lowest BCUT2D eigenvalue weighted by Crippen LogP contribution is -2.20. The summed E-state index contributed by atoms with van der Waals surface area (Å²) in [5.41, 5.74) is 1.10. The maximum atomic E-state index is 11.4. The summed E-state index contributed by atoms with van der Waals surface area (Å²) in [5, 5.41) is 9.59. The molecule has 0 aliphatic rings. The molecule has 2 aromatic rings. The number of aryl methyl sites for hydroxylation is 1. The molecule has 0 atom stereocenters. The highest BCUT2D eigenvalue weighted by atomic mass is 32.2. The molecule has 0 spiro atoms. The molecule has 17 heavy (non-hydrogen) atoms. The first kappa shape index (κ1) is 11.8. The lowest BCUT2D eigenvalue weighted by atomic mass is 10.2. The molecule has 1 N–H and O–H groups in total. The van der Waals surface area contributed by atoms with Crippen LogP contribution in [-0.4, -0.2) is 9.94 Å². The maximum Gasteiger partial charge on any atom is 0.283 e. The molecule has 1 aromatic carbocycles. The number of hydrogen-bond acceptors (Lipinski definition) is 3. The van der Waals surface area contributed by atoms with Crippen molar-refractivity contribution in [2.45, 2.75) is 17.6 Å². The molecule has 0 aliphatic carbocycles. The molecule has 2 rings (SSSR count). The van der Waals surface area contributed by atoms with E-state index in [1.807, 2.05) is 43.3 Å². The second-order valence-corrected chi connectivity index (χ2v) is 4.82. The second kappa shape index (κ2) is 5.10. The average Bonchev–Trinajstić information content (AvgIpc) is 2.33. The van der Waals surface area contributed by atoms with Crippen LogP contribution in [0.3, 0.4) is 0 Å². The van der Waals surface area contributed by atoms with Crippen LogP contribution in [0.2, 0.25) is 0 Å². The van der Waals surface area contributed by atoms with Crippen LogP contribution in [0, 0.1) is 6.92 Å². The first-order chi connectivity index (χ1) is 8.16. The Hall–Kier alpha value is -1.68. The quantitative estimate of drug-likeness (QED) is 0.670. The molecule has 1 heterocycles. The van der Waals surface area contributed by atoms with Gasteiger partial charge in [0.05, 0.1) is 5.69 Å².